The number of alkyl halides is 1. The molecule has 7 nitrogen and oxygen atoms in total. The van der Waals surface area contributed by atoms with Crippen molar-refractivity contribution in [1.82, 2.24) is 25.0 Å². The number of nitrogens with one attached hydrogen (secondary N) is 1. The van der Waals surface area contributed by atoms with Crippen LogP contribution in [0, 0.1) is 0 Å². The molecule has 1 aliphatic carbocycles. The number of amides is 2. The molecule has 2 aromatic heterocycles. The Morgan fingerprint density at radius 3 is 2.89 bits per heavy atom. The van der Waals surface area contributed by atoms with Gasteiger partial charge in [0.25, 0.3) is 5.91 Å². The molecule has 0 aromatic carbocycles. The molecule has 0 radical (unpaired) electrons. The fourth-order valence-corrected chi connectivity index (χ4v) is 3.26. The maximum atomic E-state index is 14.0. The van der Waals surface area contributed by atoms with Gasteiger partial charge in [-0.1, -0.05) is 17.7 Å². The first kappa shape index (κ1) is 17.4. The first-order valence-electron chi connectivity index (χ1n) is 8.31. The molecule has 1 saturated heterocycles. The highest BCUT2D eigenvalue weighted by atomic mass is 35.5. The van der Waals surface area contributed by atoms with Gasteiger partial charge in [-0.15, -0.1) is 0 Å². The third-order valence-corrected chi connectivity index (χ3v) is 4.51. The van der Waals surface area contributed by atoms with Crippen LogP contribution >= 0.6 is 11.6 Å². The largest absolute Gasteiger partial charge is 0.337 e. The lowest BCUT2D eigenvalue weighted by atomic mass is 10.0. The molecule has 27 heavy (non-hydrogen) atoms. The van der Waals surface area contributed by atoms with Gasteiger partial charge in [-0.2, -0.15) is 5.10 Å². The van der Waals surface area contributed by atoms with E-state index >= 15 is 0 Å². The van der Waals surface area contributed by atoms with Crippen LogP contribution in [-0.4, -0.2) is 50.9 Å². The van der Waals surface area contributed by atoms with Crippen molar-refractivity contribution in [2.45, 2.75) is 12.6 Å². The van der Waals surface area contributed by atoms with E-state index in [1.54, 1.807) is 36.5 Å². The number of carbonyl (C=O) groups excluding carboxylic acids is 2. The molecule has 0 saturated carbocycles. The van der Waals surface area contributed by atoms with Crippen molar-refractivity contribution in [1.29, 1.82) is 0 Å². The number of halogens is 2. The van der Waals surface area contributed by atoms with Gasteiger partial charge in [-0.3, -0.25) is 9.59 Å². The van der Waals surface area contributed by atoms with Crippen LogP contribution in [-0.2, 0) is 4.79 Å². The summed E-state index contributed by atoms with van der Waals surface area (Å²) >= 11 is 6.06. The minimum Gasteiger partial charge on any atom is -0.337 e. The lowest BCUT2D eigenvalue weighted by Crippen LogP contribution is -2.30. The first-order chi connectivity index (χ1) is 13.0. The molecule has 0 spiro atoms. The van der Waals surface area contributed by atoms with Crippen LogP contribution in [0.3, 0.4) is 0 Å². The van der Waals surface area contributed by atoms with Gasteiger partial charge >= 0.3 is 0 Å². The van der Waals surface area contributed by atoms with Crippen LogP contribution in [0.25, 0.3) is 11.4 Å². The van der Waals surface area contributed by atoms with Gasteiger partial charge < -0.3 is 10.2 Å². The smallest absolute Gasteiger partial charge is 0.276 e. The van der Waals surface area contributed by atoms with Gasteiger partial charge in [0, 0.05) is 23.2 Å². The quantitative estimate of drug-likeness (QED) is 0.874. The van der Waals surface area contributed by atoms with Gasteiger partial charge in [-0.25, -0.2) is 14.1 Å². The zero-order valence-corrected chi connectivity index (χ0v) is 14.9. The molecule has 9 heteroatoms. The van der Waals surface area contributed by atoms with Crippen molar-refractivity contribution in [2.75, 3.05) is 13.2 Å². The molecule has 2 aliphatic rings. The highest BCUT2D eigenvalue weighted by Gasteiger charge is 2.28. The zero-order chi connectivity index (χ0) is 19.0. The van der Waals surface area contributed by atoms with E-state index in [2.05, 4.69) is 15.4 Å². The Balaban J connectivity index is 1.78. The topological polar surface area (TPSA) is 80.1 Å². The zero-order valence-electron chi connectivity index (χ0n) is 14.1. The van der Waals surface area contributed by atoms with E-state index in [1.165, 1.54) is 15.7 Å². The Labute approximate surface area is 159 Å². The molecular formula is C18H15ClFN5O2. The highest BCUT2D eigenvalue weighted by Crippen LogP contribution is 2.30. The van der Waals surface area contributed by atoms with Gasteiger partial charge in [0.05, 0.1) is 12.4 Å². The fourth-order valence-electron chi connectivity index (χ4n) is 2.99. The standard InChI is InChI=1S/C18H15ClFN5O2/c19-12-5-11(6-13(20)7-12)15-8-14(18(27)24-9-17(26)22-10-24)23-25(15)16-3-1-2-4-21-16/h1-6,8,13H,7,9-10H2,(H,22,26). The van der Waals surface area contributed by atoms with Crippen LogP contribution in [0.2, 0.25) is 0 Å². The summed E-state index contributed by atoms with van der Waals surface area (Å²) in [4.78, 5) is 29.7. The van der Waals surface area contributed by atoms with Crippen molar-refractivity contribution in [3.63, 3.8) is 0 Å². The summed E-state index contributed by atoms with van der Waals surface area (Å²) in [6, 6.07) is 6.83. The Hall–Kier alpha value is -3.00. The third kappa shape index (κ3) is 3.48. The van der Waals surface area contributed by atoms with E-state index in [4.69, 9.17) is 11.6 Å². The van der Waals surface area contributed by atoms with Crippen LogP contribution in [0.4, 0.5) is 4.39 Å². The van der Waals surface area contributed by atoms with Crippen molar-refractivity contribution in [3.05, 3.63) is 59.0 Å². The summed E-state index contributed by atoms with van der Waals surface area (Å²) in [7, 11) is 0. The van der Waals surface area contributed by atoms with Gasteiger partial charge in [-0.05, 0) is 30.4 Å². The molecule has 3 heterocycles. The minimum absolute atomic E-state index is 0.0222. The molecule has 138 valence electrons. The van der Waals surface area contributed by atoms with E-state index in [-0.39, 0.29) is 31.2 Å². The average molecular weight is 388 g/mol. The van der Waals surface area contributed by atoms with E-state index in [1.807, 2.05) is 0 Å². The molecular weight excluding hydrogens is 373 g/mol. The third-order valence-electron chi connectivity index (χ3n) is 4.24. The monoisotopic (exact) mass is 387 g/mol. The summed E-state index contributed by atoms with van der Waals surface area (Å²) in [5.41, 5.74) is 1.15. The van der Waals surface area contributed by atoms with Crippen molar-refractivity contribution in [2.24, 2.45) is 0 Å². The number of aromatic nitrogens is 3. The van der Waals surface area contributed by atoms with Crippen LogP contribution in [0.5, 0.6) is 0 Å². The molecule has 4 rings (SSSR count). The molecule has 1 aliphatic heterocycles. The van der Waals surface area contributed by atoms with Crippen LogP contribution in [0.15, 0.2) is 47.6 Å². The maximum absolute atomic E-state index is 14.0. The SMILES string of the molecule is O=C1CN(C(=O)c2cc(C3=CC(F)CC(Cl)=C3)n(-c3ccccn3)n2)CN1. The molecule has 1 atom stereocenters. The second-order valence-electron chi connectivity index (χ2n) is 6.21. The van der Waals surface area contributed by atoms with Crippen LogP contribution in [0.1, 0.15) is 22.6 Å². The predicted molar refractivity (Wildman–Crippen MR) is 96.8 cm³/mol. The van der Waals surface area contributed by atoms with Gasteiger partial charge in [0.2, 0.25) is 5.91 Å². The molecule has 0 bridgehead atoms. The Bertz CT molecular complexity index is 969. The fraction of sp³-hybridized carbons (Fsp3) is 0.222. The second-order valence-corrected chi connectivity index (χ2v) is 6.69. The Kier molecular flexibility index (Phi) is 4.49. The second kappa shape index (κ2) is 6.96. The number of rotatable bonds is 3. The first-order valence-corrected chi connectivity index (χ1v) is 8.69. The highest BCUT2D eigenvalue weighted by molar-refractivity contribution is 6.30. The van der Waals surface area contributed by atoms with E-state index < -0.39 is 12.1 Å². The molecule has 1 unspecified atom stereocenters. The van der Waals surface area contributed by atoms with Gasteiger partial charge in [0.15, 0.2) is 11.5 Å². The van der Waals surface area contributed by atoms with Crippen molar-refractivity contribution in [3.8, 4) is 5.82 Å². The molecule has 1 N–H and O–H groups in total. The normalized spacial score (nSPS) is 19.6. The van der Waals surface area contributed by atoms with Crippen molar-refractivity contribution < 1.29 is 14.0 Å². The number of carbonyl (C=O) groups is 2. The minimum atomic E-state index is -1.22. The lowest BCUT2D eigenvalue weighted by Gasteiger charge is -2.14. The average Bonchev–Trinajstić information content (AvgIpc) is 3.28. The van der Waals surface area contributed by atoms with E-state index in [9.17, 15) is 14.0 Å². The molecule has 2 amide bonds. The summed E-state index contributed by atoms with van der Waals surface area (Å²) < 4.78 is 15.5. The number of hydrogen-bond acceptors (Lipinski definition) is 4. The Morgan fingerprint density at radius 2 is 2.22 bits per heavy atom. The number of allylic oxidation sites excluding steroid dienone is 4. The molecule has 1 fully saturated rings. The number of hydrogen-bond donors (Lipinski definition) is 1. The summed E-state index contributed by atoms with van der Waals surface area (Å²) in [6.45, 7) is 0.107. The summed E-state index contributed by atoms with van der Waals surface area (Å²) in [5.74, 6) is -0.140. The lowest BCUT2D eigenvalue weighted by molar-refractivity contribution is -0.118. The van der Waals surface area contributed by atoms with Crippen molar-refractivity contribution >= 4 is 29.0 Å². The molecule has 2 aromatic rings. The number of pyridine rings is 1. The predicted octanol–water partition coefficient (Wildman–Crippen LogP) is 2.04. The Morgan fingerprint density at radius 1 is 1.37 bits per heavy atom. The number of nitrogens with zero attached hydrogens (tertiary/aromatic N) is 4. The van der Waals surface area contributed by atoms with E-state index in [0.29, 0.717) is 22.1 Å². The van der Waals surface area contributed by atoms with Crippen LogP contribution < -0.4 is 5.32 Å². The van der Waals surface area contributed by atoms with E-state index in [0.717, 1.165) is 0 Å². The maximum Gasteiger partial charge on any atom is 0.276 e. The summed E-state index contributed by atoms with van der Waals surface area (Å²) in [5, 5.41) is 7.33. The van der Waals surface area contributed by atoms with Gasteiger partial charge in [0.1, 0.15) is 12.7 Å². The summed E-state index contributed by atoms with van der Waals surface area (Å²) in [6.07, 6.45) is 3.60.